The molecule has 1 saturated heterocycles. The van der Waals surface area contributed by atoms with Gasteiger partial charge in [-0.2, -0.15) is 0 Å². The van der Waals surface area contributed by atoms with E-state index >= 15 is 0 Å². The van der Waals surface area contributed by atoms with Crippen LogP contribution in [0.3, 0.4) is 0 Å². The predicted octanol–water partition coefficient (Wildman–Crippen LogP) is 1.90. The van der Waals surface area contributed by atoms with Gasteiger partial charge in [-0.05, 0) is 38.5 Å². The van der Waals surface area contributed by atoms with Gasteiger partial charge in [0.15, 0.2) is 0 Å². The summed E-state index contributed by atoms with van der Waals surface area (Å²) >= 11 is 6.07. The molecule has 0 aromatic rings. The summed E-state index contributed by atoms with van der Waals surface area (Å²) in [5.74, 6) is 0.581. The van der Waals surface area contributed by atoms with Crippen LogP contribution in [-0.4, -0.2) is 27.5 Å². The molecule has 13 heavy (non-hydrogen) atoms. The Morgan fingerprint density at radius 2 is 2.15 bits per heavy atom. The standard InChI is InChI=1S/C10H21ClOSi/c1-8(9(2)11)7-10(13)5-3-4-6-12-10/h8-9H,3-7H2,1-2,13H3. The van der Waals surface area contributed by atoms with Crippen molar-refractivity contribution in [1.29, 1.82) is 0 Å². The topological polar surface area (TPSA) is 9.23 Å². The van der Waals surface area contributed by atoms with Crippen LogP contribution in [0.4, 0.5) is 0 Å². The van der Waals surface area contributed by atoms with E-state index in [2.05, 4.69) is 13.8 Å². The van der Waals surface area contributed by atoms with Gasteiger partial charge in [0.05, 0.1) is 0 Å². The van der Waals surface area contributed by atoms with Crippen LogP contribution >= 0.6 is 11.6 Å². The Bertz CT molecular complexity index is 155. The van der Waals surface area contributed by atoms with E-state index in [1.54, 1.807) is 0 Å². The van der Waals surface area contributed by atoms with E-state index in [0.29, 0.717) is 5.92 Å². The van der Waals surface area contributed by atoms with Gasteiger partial charge in [0.25, 0.3) is 0 Å². The second kappa shape index (κ2) is 4.81. The normalized spacial score (nSPS) is 34.4. The maximum absolute atomic E-state index is 6.07. The smallest absolute Gasteiger partial charge is 0.0489 e. The van der Waals surface area contributed by atoms with Crippen molar-refractivity contribution in [3.8, 4) is 0 Å². The van der Waals surface area contributed by atoms with Crippen molar-refractivity contribution >= 4 is 21.8 Å². The molecule has 0 bridgehead atoms. The molecule has 1 aliphatic heterocycles. The minimum absolute atomic E-state index is 0.237. The summed E-state index contributed by atoms with van der Waals surface area (Å²) in [5, 5.41) is 0.511. The lowest BCUT2D eigenvalue weighted by Gasteiger charge is -2.36. The van der Waals surface area contributed by atoms with Crippen LogP contribution in [-0.2, 0) is 4.74 Å². The zero-order valence-corrected chi connectivity index (χ0v) is 11.7. The average molecular weight is 221 g/mol. The minimum atomic E-state index is 0.237. The maximum Gasteiger partial charge on any atom is 0.0489 e. The zero-order chi connectivity index (χ0) is 9.90. The van der Waals surface area contributed by atoms with Crippen LogP contribution in [0.15, 0.2) is 0 Å². The lowest BCUT2D eigenvalue weighted by molar-refractivity contribution is -0.0308. The second-order valence-corrected chi connectivity index (χ2v) is 7.13. The SMILES string of the molecule is CC(Cl)C(C)CC1([SiH3])CCCCO1. The van der Waals surface area contributed by atoms with Crippen molar-refractivity contribution in [3.05, 3.63) is 0 Å². The Hall–Kier alpha value is 0.467. The molecule has 0 aromatic carbocycles. The molecule has 3 unspecified atom stereocenters. The number of ether oxygens (including phenoxy) is 1. The lowest BCUT2D eigenvalue weighted by Crippen LogP contribution is -2.39. The summed E-state index contributed by atoms with van der Waals surface area (Å²) in [4.78, 5) is 0. The molecule has 1 fully saturated rings. The molecule has 0 spiro atoms. The Morgan fingerprint density at radius 3 is 2.62 bits per heavy atom. The van der Waals surface area contributed by atoms with Crippen LogP contribution in [0.1, 0.15) is 39.5 Å². The largest absolute Gasteiger partial charge is 0.380 e. The first-order valence-electron chi connectivity index (χ1n) is 5.31. The highest BCUT2D eigenvalue weighted by Gasteiger charge is 2.30. The molecule has 0 amide bonds. The molecule has 1 rings (SSSR count). The van der Waals surface area contributed by atoms with Crippen LogP contribution in [0, 0.1) is 5.92 Å². The number of halogens is 1. The zero-order valence-electron chi connectivity index (χ0n) is 8.98. The summed E-state index contributed by atoms with van der Waals surface area (Å²) in [6.45, 7) is 5.28. The van der Waals surface area contributed by atoms with Crippen LogP contribution in [0.5, 0.6) is 0 Å². The minimum Gasteiger partial charge on any atom is -0.380 e. The number of hydrogen-bond donors (Lipinski definition) is 0. The van der Waals surface area contributed by atoms with Gasteiger partial charge in [-0.25, -0.2) is 0 Å². The van der Waals surface area contributed by atoms with Crippen molar-refractivity contribution in [2.24, 2.45) is 5.92 Å². The van der Waals surface area contributed by atoms with Crippen molar-refractivity contribution in [1.82, 2.24) is 0 Å². The van der Waals surface area contributed by atoms with E-state index in [0.717, 1.165) is 23.3 Å². The molecular weight excluding hydrogens is 200 g/mol. The monoisotopic (exact) mass is 220 g/mol. The molecule has 78 valence electrons. The van der Waals surface area contributed by atoms with Gasteiger partial charge in [-0.3, -0.25) is 0 Å². The maximum atomic E-state index is 6.07. The van der Waals surface area contributed by atoms with Crippen molar-refractivity contribution in [2.45, 2.75) is 50.1 Å². The molecule has 0 N–H and O–H groups in total. The van der Waals surface area contributed by atoms with E-state index in [9.17, 15) is 0 Å². The van der Waals surface area contributed by atoms with Crippen molar-refractivity contribution in [2.75, 3.05) is 6.61 Å². The van der Waals surface area contributed by atoms with Gasteiger partial charge < -0.3 is 4.74 Å². The molecular formula is C10H21ClOSi. The third kappa shape index (κ3) is 3.60. The first-order chi connectivity index (χ1) is 6.03. The summed E-state index contributed by atoms with van der Waals surface area (Å²) in [7, 11) is 1.14. The summed E-state index contributed by atoms with van der Waals surface area (Å²) in [6, 6.07) is 0. The van der Waals surface area contributed by atoms with Gasteiger partial charge in [0, 0.05) is 27.5 Å². The molecule has 0 aromatic heterocycles. The summed E-state index contributed by atoms with van der Waals surface area (Å²) in [5.41, 5.74) is 0. The molecule has 0 aliphatic carbocycles. The second-order valence-electron chi connectivity index (χ2n) is 4.61. The fraction of sp³-hybridized carbons (Fsp3) is 1.00. The van der Waals surface area contributed by atoms with Crippen LogP contribution < -0.4 is 0 Å². The third-order valence-corrected chi connectivity index (χ3v) is 4.72. The van der Waals surface area contributed by atoms with Gasteiger partial charge in [-0.15, -0.1) is 11.6 Å². The van der Waals surface area contributed by atoms with E-state index in [4.69, 9.17) is 16.3 Å². The van der Waals surface area contributed by atoms with Gasteiger partial charge in [0.1, 0.15) is 0 Å². The highest BCUT2D eigenvalue weighted by molar-refractivity contribution is 6.20. The molecule has 0 saturated carbocycles. The average Bonchev–Trinajstić information content (AvgIpc) is 2.04. The van der Waals surface area contributed by atoms with Gasteiger partial charge in [0.2, 0.25) is 0 Å². The number of hydrogen-bond acceptors (Lipinski definition) is 1. The Morgan fingerprint density at radius 1 is 1.46 bits per heavy atom. The molecule has 3 heteroatoms. The van der Waals surface area contributed by atoms with Gasteiger partial charge >= 0.3 is 0 Å². The summed E-state index contributed by atoms with van der Waals surface area (Å²) < 4.78 is 5.89. The molecule has 1 aliphatic rings. The third-order valence-electron chi connectivity index (χ3n) is 3.09. The first kappa shape index (κ1) is 11.5. The van der Waals surface area contributed by atoms with E-state index in [1.807, 2.05) is 0 Å². The number of alkyl halides is 1. The van der Waals surface area contributed by atoms with Crippen molar-refractivity contribution in [3.63, 3.8) is 0 Å². The molecule has 0 radical (unpaired) electrons. The van der Waals surface area contributed by atoms with E-state index in [1.165, 1.54) is 19.3 Å². The fourth-order valence-corrected chi connectivity index (χ4v) is 3.29. The lowest BCUT2D eigenvalue weighted by atomic mass is 9.95. The van der Waals surface area contributed by atoms with E-state index < -0.39 is 0 Å². The Balaban J connectivity index is 2.40. The molecule has 1 heterocycles. The first-order valence-corrected chi connectivity index (χ1v) is 6.75. The molecule has 3 atom stereocenters. The van der Waals surface area contributed by atoms with Crippen LogP contribution in [0.25, 0.3) is 0 Å². The van der Waals surface area contributed by atoms with Crippen molar-refractivity contribution < 1.29 is 4.74 Å². The Kier molecular flexibility index (Phi) is 4.27. The van der Waals surface area contributed by atoms with E-state index in [-0.39, 0.29) is 10.6 Å². The quantitative estimate of drug-likeness (QED) is 0.522. The Labute approximate surface area is 89.6 Å². The predicted molar refractivity (Wildman–Crippen MR) is 61.6 cm³/mol. The van der Waals surface area contributed by atoms with Gasteiger partial charge in [-0.1, -0.05) is 6.92 Å². The fourth-order valence-electron chi connectivity index (χ4n) is 2.00. The van der Waals surface area contributed by atoms with Crippen LogP contribution in [0.2, 0.25) is 0 Å². The highest BCUT2D eigenvalue weighted by atomic mass is 35.5. The summed E-state index contributed by atoms with van der Waals surface area (Å²) in [6.07, 6.45) is 5.00. The number of rotatable bonds is 3. The molecule has 1 nitrogen and oxygen atoms in total. The highest BCUT2D eigenvalue weighted by Crippen LogP contribution is 2.30.